The summed E-state index contributed by atoms with van der Waals surface area (Å²) in [5.74, 6) is -0.494. The number of methoxy groups -OCH3 is 2. The van der Waals surface area contributed by atoms with Crippen molar-refractivity contribution in [1.29, 1.82) is 10.5 Å². The molecule has 0 unspecified atom stereocenters. The maximum absolute atomic E-state index is 14.2. The molecule has 8 rings (SSSR count). The lowest BCUT2D eigenvalue weighted by molar-refractivity contribution is -0.153. The van der Waals surface area contributed by atoms with Crippen LogP contribution in [-0.2, 0) is 19.1 Å². The van der Waals surface area contributed by atoms with Gasteiger partial charge >= 0.3 is 11.9 Å². The fourth-order valence-corrected chi connectivity index (χ4v) is 7.99. The molecule has 47 heavy (non-hydrogen) atoms. The maximum Gasteiger partial charge on any atom is 0.311 e. The average molecular weight is 712 g/mol. The second-order valence-corrected chi connectivity index (χ2v) is 13.2. The molecule has 0 amide bonds. The maximum atomic E-state index is 14.2. The van der Waals surface area contributed by atoms with Crippen LogP contribution in [0, 0.1) is 69.8 Å². The van der Waals surface area contributed by atoms with Gasteiger partial charge in [0.05, 0.1) is 37.2 Å². The summed E-state index contributed by atoms with van der Waals surface area (Å²) in [5, 5.41) is 19.8. The smallest absolute Gasteiger partial charge is 0.311 e. The average Bonchev–Trinajstić information content (AvgIpc) is 3.08. The van der Waals surface area contributed by atoms with Gasteiger partial charge in [0, 0.05) is 12.1 Å². The van der Waals surface area contributed by atoms with Crippen LogP contribution in [0.15, 0.2) is 12.1 Å². The number of rotatable bonds is 4. The summed E-state index contributed by atoms with van der Waals surface area (Å²) in [6.07, 6.45) is 8.73. The van der Waals surface area contributed by atoms with Crippen LogP contribution in [0.5, 0.6) is 0 Å². The van der Waals surface area contributed by atoms with Gasteiger partial charge in [0.2, 0.25) is 0 Å². The summed E-state index contributed by atoms with van der Waals surface area (Å²) in [6.45, 7) is 0. The largest absolute Gasteiger partial charge is 0.469 e. The fourth-order valence-electron chi connectivity index (χ4n) is 7.44. The van der Waals surface area contributed by atoms with E-state index in [1.807, 2.05) is 0 Å². The number of ether oxygens (including phenoxy) is 2. The number of esters is 2. The van der Waals surface area contributed by atoms with Crippen molar-refractivity contribution in [3.05, 3.63) is 50.4 Å². The summed E-state index contributed by atoms with van der Waals surface area (Å²) in [7, 11) is 2.83. The second kappa shape index (κ2) is 16.2. The van der Waals surface area contributed by atoms with Gasteiger partial charge in [0.1, 0.15) is 22.4 Å². The van der Waals surface area contributed by atoms with Crippen molar-refractivity contribution in [1.82, 2.24) is 9.97 Å². The Kier molecular flexibility index (Phi) is 12.6. The lowest BCUT2D eigenvalue weighted by Crippen LogP contribution is -2.52. The van der Waals surface area contributed by atoms with Crippen molar-refractivity contribution in [2.45, 2.75) is 63.5 Å². The minimum absolute atomic E-state index is 0.00982. The quantitative estimate of drug-likeness (QED) is 0.266. The number of carbonyl (C=O) groups is 2. The van der Waals surface area contributed by atoms with Crippen LogP contribution in [0.3, 0.4) is 0 Å². The number of nitrogens with two attached hydrogens (primary N) is 1. The third-order valence-electron chi connectivity index (χ3n) is 9.81. The normalized spacial score (nSPS) is 28.3. The van der Waals surface area contributed by atoms with E-state index in [-0.39, 0.29) is 80.1 Å². The number of hydrogen-bond acceptors (Lipinski definition) is 10. The Balaban J connectivity index is 0.000000176. The highest BCUT2D eigenvalue weighted by atomic mass is 35.5. The number of nitriles is 2. The Morgan fingerprint density at radius 1 is 0.766 bits per heavy atom. The number of anilines is 1. The summed E-state index contributed by atoms with van der Waals surface area (Å²) in [6, 6.07) is 5.30. The molecular formula is C32H35Cl3F2N6O4. The van der Waals surface area contributed by atoms with Gasteiger partial charge in [-0.15, -0.1) is 0 Å². The van der Waals surface area contributed by atoms with Gasteiger partial charge < -0.3 is 20.5 Å². The van der Waals surface area contributed by atoms with Gasteiger partial charge in [-0.1, -0.05) is 34.8 Å². The van der Waals surface area contributed by atoms with Crippen molar-refractivity contribution in [2.75, 3.05) is 19.5 Å². The van der Waals surface area contributed by atoms with Crippen molar-refractivity contribution in [3.8, 4) is 12.1 Å². The first-order valence-corrected chi connectivity index (χ1v) is 16.4. The van der Waals surface area contributed by atoms with Crippen LogP contribution in [0.1, 0.15) is 62.5 Å². The highest BCUT2D eigenvalue weighted by molar-refractivity contribution is 6.33. The van der Waals surface area contributed by atoms with Crippen LogP contribution in [0.25, 0.3) is 0 Å². The number of carbonyl (C=O) groups excluding carboxylic acids is 2. The van der Waals surface area contributed by atoms with E-state index in [9.17, 15) is 18.4 Å². The number of hydrogen-bond donors (Lipinski definition) is 2. The molecule has 0 saturated heterocycles. The second-order valence-electron chi connectivity index (χ2n) is 12.2. The standard InChI is InChI=1S/C16H17ClFN3O2.C10H17NO2.C6HCl2FN2/c1-23-16(22)12-8-2-4-9(5-3-8)13(12)20-15-11(18)6-10(7-19)14(17)21-15;1-13-10(12)8-6-2-4-7(5-3-6)9(8)11;7-5-3(2-10)1-4(9)6(8)11-5/h6,8-9,12-13H,2-5H2,1H3,(H,20,21);6-9H,2-5,11H2,1H3;1H/t8?,9?,12-,13-;6?,7?,8-,9-;/m00./s1. The van der Waals surface area contributed by atoms with Crippen molar-refractivity contribution in [2.24, 2.45) is 41.2 Å². The predicted molar refractivity (Wildman–Crippen MR) is 170 cm³/mol. The lowest BCUT2D eigenvalue weighted by atomic mass is 9.61. The van der Waals surface area contributed by atoms with Crippen LogP contribution < -0.4 is 11.1 Å². The lowest BCUT2D eigenvalue weighted by Gasteiger charge is -2.47. The molecule has 252 valence electrons. The van der Waals surface area contributed by atoms with Crippen LogP contribution in [0.2, 0.25) is 15.5 Å². The van der Waals surface area contributed by atoms with E-state index >= 15 is 0 Å². The summed E-state index contributed by atoms with van der Waals surface area (Å²) in [5.41, 5.74) is 6.01. The van der Waals surface area contributed by atoms with Gasteiger partial charge in [0.15, 0.2) is 22.6 Å². The summed E-state index contributed by atoms with van der Waals surface area (Å²) < 4.78 is 36.4. The highest BCUT2D eigenvalue weighted by Crippen LogP contribution is 2.47. The number of pyridine rings is 2. The van der Waals surface area contributed by atoms with E-state index in [4.69, 9.17) is 60.5 Å². The summed E-state index contributed by atoms with van der Waals surface area (Å²) in [4.78, 5) is 31.0. The molecule has 10 nitrogen and oxygen atoms in total. The molecule has 4 bridgehead atoms. The molecule has 2 aromatic rings. The van der Waals surface area contributed by atoms with Gasteiger partial charge in [-0.25, -0.2) is 18.7 Å². The molecule has 6 saturated carbocycles. The monoisotopic (exact) mass is 710 g/mol. The molecule has 0 aromatic carbocycles. The Bertz CT molecular complexity index is 1550. The van der Waals surface area contributed by atoms with Crippen molar-refractivity contribution in [3.63, 3.8) is 0 Å². The number of aromatic nitrogens is 2. The summed E-state index contributed by atoms with van der Waals surface area (Å²) >= 11 is 16.6. The third-order valence-corrected chi connectivity index (χ3v) is 10.7. The molecule has 6 fully saturated rings. The van der Waals surface area contributed by atoms with Crippen molar-refractivity contribution >= 4 is 52.6 Å². The Morgan fingerprint density at radius 3 is 1.72 bits per heavy atom. The zero-order valence-electron chi connectivity index (χ0n) is 25.8. The van der Waals surface area contributed by atoms with Gasteiger partial charge in [-0.05, 0) is 87.2 Å². The zero-order valence-corrected chi connectivity index (χ0v) is 28.1. The van der Waals surface area contributed by atoms with Crippen molar-refractivity contribution < 1.29 is 27.8 Å². The number of nitrogens with zero attached hydrogens (tertiary/aromatic N) is 4. The zero-order chi connectivity index (χ0) is 34.4. The number of fused-ring (bicyclic) bond motifs is 6. The molecule has 6 aliphatic rings. The van der Waals surface area contributed by atoms with E-state index in [2.05, 4.69) is 15.3 Å². The topological polar surface area (TPSA) is 164 Å². The minimum atomic E-state index is -0.743. The number of nitrogens with one attached hydrogen (secondary N) is 1. The van der Waals surface area contributed by atoms with E-state index in [0.29, 0.717) is 11.8 Å². The van der Waals surface area contributed by atoms with E-state index < -0.39 is 11.6 Å². The number of halogens is 5. The molecule has 15 heteroatoms. The molecule has 2 aromatic heterocycles. The van der Waals surface area contributed by atoms with Crippen LogP contribution in [-0.4, -0.2) is 48.2 Å². The van der Waals surface area contributed by atoms with Crippen LogP contribution in [0.4, 0.5) is 14.6 Å². The van der Waals surface area contributed by atoms with E-state index in [1.165, 1.54) is 27.1 Å². The highest BCUT2D eigenvalue weighted by Gasteiger charge is 2.48. The van der Waals surface area contributed by atoms with E-state index in [0.717, 1.165) is 50.7 Å². The minimum Gasteiger partial charge on any atom is -0.469 e. The Morgan fingerprint density at radius 2 is 1.21 bits per heavy atom. The molecule has 2 heterocycles. The molecule has 3 N–H and O–H groups in total. The first kappa shape index (κ1) is 36.5. The Labute approximate surface area is 286 Å². The molecule has 0 aliphatic heterocycles. The molecule has 0 radical (unpaired) electrons. The van der Waals surface area contributed by atoms with Gasteiger partial charge in [0.25, 0.3) is 0 Å². The third kappa shape index (κ3) is 8.24. The fraction of sp³-hybridized carbons (Fsp3) is 0.562. The first-order chi connectivity index (χ1) is 22.4. The molecular weight excluding hydrogens is 677 g/mol. The predicted octanol–water partition coefficient (Wildman–Crippen LogP) is 6.46. The van der Waals surface area contributed by atoms with Gasteiger partial charge in [-0.2, -0.15) is 10.5 Å². The Hall–Kier alpha value is -3.29. The first-order valence-electron chi connectivity index (χ1n) is 15.3. The van der Waals surface area contributed by atoms with Crippen LogP contribution >= 0.6 is 34.8 Å². The molecule has 6 aliphatic carbocycles. The van der Waals surface area contributed by atoms with E-state index in [1.54, 1.807) is 12.1 Å². The SMILES string of the molecule is COC(=O)[C@H]1C2CCC(CC2)[C@@H]1N.COC(=O)[C@H]1C2CCC(CC2)[C@@H]1Nc1nc(Cl)c(C#N)cc1F.N#Cc1cc(F)c(Cl)nc1Cl. The van der Waals surface area contributed by atoms with Gasteiger partial charge in [-0.3, -0.25) is 9.59 Å². The molecule has 4 atom stereocenters. The molecule has 0 spiro atoms.